The lowest BCUT2D eigenvalue weighted by atomic mass is 10.1. The van der Waals surface area contributed by atoms with Crippen LogP contribution >= 0.6 is 24.8 Å². The van der Waals surface area contributed by atoms with Crippen molar-refractivity contribution in [3.05, 3.63) is 47.3 Å². The van der Waals surface area contributed by atoms with E-state index in [9.17, 15) is 4.79 Å². The number of rotatable bonds is 6. The molecule has 2 aromatic rings. The van der Waals surface area contributed by atoms with Gasteiger partial charge in [-0.1, -0.05) is 29.5 Å². The Labute approximate surface area is 184 Å². The maximum absolute atomic E-state index is 12.5. The van der Waals surface area contributed by atoms with Crippen molar-refractivity contribution in [3.8, 4) is 0 Å². The van der Waals surface area contributed by atoms with Crippen LogP contribution in [0.15, 0.2) is 30.5 Å². The number of carbonyl (C=O) groups excluding carboxylic acids is 1. The summed E-state index contributed by atoms with van der Waals surface area (Å²) in [6, 6.07) is 8.69. The highest BCUT2D eigenvalue weighted by atomic mass is 35.5. The summed E-state index contributed by atoms with van der Waals surface area (Å²) < 4.78 is 1.84. The smallest absolute Gasteiger partial charge is 0.273 e. The van der Waals surface area contributed by atoms with Gasteiger partial charge in [0.2, 0.25) is 0 Å². The van der Waals surface area contributed by atoms with Crippen molar-refractivity contribution in [1.82, 2.24) is 30.5 Å². The lowest BCUT2D eigenvalue weighted by Gasteiger charge is -2.22. The van der Waals surface area contributed by atoms with Gasteiger partial charge in [-0.3, -0.25) is 9.69 Å². The number of hydrogen-bond donors (Lipinski definition) is 2. The predicted molar refractivity (Wildman–Crippen MR) is 118 cm³/mol. The van der Waals surface area contributed by atoms with Gasteiger partial charge >= 0.3 is 0 Å². The van der Waals surface area contributed by atoms with Gasteiger partial charge in [0.25, 0.3) is 5.91 Å². The van der Waals surface area contributed by atoms with Crippen molar-refractivity contribution in [3.63, 3.8) is 0 Å². The molecule has 0 saturated carbocycles. The van der Waals surface area contributed by atoms with Crippen LogP contribution in [-0.2, 0) is 13.1 Å². The van der Waals surface area contributed by atoms with Crippen molar-refractivity contribution in [1.29, 1.82) is 0 Å². The van der Waals surface area contributed by atoms with Crippen molar-refractivity contribution in [2.75, 3.05) is 26.2 Å². The van der Waals surface area contributed by atoms with E-state index in [4.69, 9.17) is 0 Å². The van der Waals surface area contributed by atoms with Crippen LogP contribution in [0.3, 0.4) is 0 Å². The van der Waals surface area contributed by atoms with E-state index in [2.05, 4.69) is 44.0 Å². The zero-order chi connectivity index (χ0) is 18.5. The molecule has 3 heterocycles. The summed E-state index contributed by atoms with van der Waals surface area (Å²) in [6.45, 7) is 5.78. The molecule has 0 bridgehead atoms. The van der Waals surface area contributed by atoms with Gasteiger partial charge in [-0.2, -0.15) is 0 Å². The summed E-state index contributed by atoms with van der Waals surface area (Å²) in [5.41, 5.74) is 2.85. The fourth-order valence-electron chi connectivity index (χ4n) is 3.96. The molecule has 0 aliphatic carbocycles. The molecule has 9 heteroatoms. The second-order valence-corrected chi connectivity index (χ2v) is 7.50. The van der Waals surface area contributed by atoms with Crippen LogP contribution < -0.4 is 10.6 Å². The van der Waals surface area contributed by atoms with E-state index in [1.54, 1.807) is 6.20 Å². The maximum Gasteiger partial charge on any atom is 0.273 e. The Morgan fingerprint density at radius 2 is 1.79 bits per heavy atom. The van der Waals surface area contributed by atoms with Gasteiger partial charge in [0.05, 0.1) is 12.2 Å². The first-order valence-electron chi connectivity index (χ1n) is 9.99. The maximum atomic E-state index is 12.5. The minimum absolute atomic E-state index is 0. The van der Waals surface area contributed by atoms with Crippen molar-refractivity contribution < 1.29 is 4.79 Å². The number of carbonyl (C=O) groups is 1. The summed E-state index contributed by atoms with van der Waals surface area (Å²) in [5.74, 6) is -0.161. The lowest BCUT2D eigenvalue weighted by Crippen LogP contribution is -2.29. The third-order valence-electron chi connectivity index (χ3n) is 5.58. The summed E-state index contributed by atoms with van der Waals surface area (Å²) >= 11 is 0. The molecule has 2 saturated heterocycles. The van der Waals surface area contributed by atoms with E-state index < -0.39 is 0 Å². The molecule has 0 spiro atoms. The summed E-state index contributed by atoms with van der Waals surface area (Å²) in [7, 11) is 0. The highest BCUT2D eigenvalue weighted by molar-refractivity contribution is 5.91. The number of benzene rings is 1. The largest absolute Gasteiger partial charge is 0.347 e. The molecule has 0 unspecified atom stereocenters. The Kier molecular flexibility index (Phi) is 9.36. The van der Waals surface area contributed by atoms with Crippen molar-refractivity contribution >= 4 is 30.7 Å². The van der Waals surface area contributed by atoms with Crippen LogP contribution in [0.1, 0.15) is 53.3 Å². The average molecular weight is 441 g/mol. The highest BCUT2D eigenvalue weighted by Gasteiger charge is 2.19. The third-order valence-corrected chi connectivity index (χ3v) is 5.58. The zero-order valence-electron chi connectivity index (χ0n) is 16.5. The zero-order valence-corrected chi connectivity index (χ0v) is 18.2. The summed E-state index contributed by atoms with van der Waals surface area (Å²) in [6.07, 6.45) is 6.39. The first kappa shape index (κ1) is 23.6. The standard InChI is InChI=1S/C20H28N6O.2ClH/c27-20(19-15-26(24-23-19)18-7-9-21-10-8-18)22-13-16-5-1-2-6-17(16)14-25-11-3-4-12-25;;/h1-2,5-6,15,18,21H,3-4,7-14H2,(H,22,27);2*1H. The molecule has 4 rings (SSSR count). The molecular formula is C20H30Cl2N6O. The van der Waals surface area contributed by atoms with Crippen LogP contribution in [0.25, 0.3) is 0 Å². The van der Waals surface area contributed by atoms with Crippen molar-refractivity contribution in [2.24, 2.45) is 0 Å². The molecule has 0 radical (unpaired) electrons. The molecule has 2 aliphatic rings. The number of amides is 1. The predicted octanol–water partition coefficient (Wildman–Crippen LogP) is 2.57. The van der Waals surface area contributed by atoms with E-state index in [-0.39, 0.29) is 30.7 Å². The molecule has 2 N–H and O–H groups in total. The van der Waals surface area contributed by atoms with Gasteiger partial charge in [-0.25, -0.2) is 4.68 Å². The number of piperidine rings is 1. The fourth-order valence-corrected chi connectivity index (χ4v) is 3.96. The fraction of sp³-hybridized carbons (Fsp3) is 0.550. The Morgan fingerprint density at radius 3 is 2.52 bits per heavy atom. The number of nitrogens with one attached hydrogen (secondary N) is 2. The van der Waals surface area contributed by atoms with E-state index in [1.165, 1.54) is 37.1 Å². The molecule has 1 amide bonds. The molecular weight excluding hydrogens is 411 g/mol. The molecule has 29 heavy (non-hydrogen) atoms. The SMILES string of the molecule is Cl.Cl.O=C(NCc1ccccc1CN1CCCC1)c1cn(C2CCNCC2)nn1. The Balaban J connectivity index is 0.00000150. The van der Waals surface area contributed by atoms with Crippen LogP contribution in [-0.4, -0.2) is 52.0 Å². The van der Waals surface area contributed by atoms with Gasteiger partial charge in [-0.05, 0) is 63.0 Å². The molecule has 1 aromatic carbocycles. The first-order valence-corrected chi connectivity index (χ1v) is 9.99. The third kappa shape index (κ3) is 6.15. The van der Waals surface area contributed by atoms with E-state index >= 15 is 0 Å². The molecule has 160 valence electrons. The molecule has 2 fully saturated rings. The Bertz CT molecular complexity index is 772. The number of aromatic nitrogens is 3. The molecule has 1 aromatic heterocycles. The number of nitrogens with zero attached hydrogens (tertiary/aromatic N) is 4. The van der Waals surface area contributed by atoms with E-state index in [1.807, 2.05) is 10.7 Å². The molecule has 7 nitrogen and oxygen atoms in total. The van der Waals surface area contributed by atoms with E-state index in [0.29, 0.717) is 18.3 Å². The van der Waals surface area contributed by atoms with Crippen molar-refractivity contribution in [2.45, 2.75) is 44.8 Å². The minimum atomic E-state index is -0.161. The lowest BCUT2D eigenvalue weighted by molar-refractivity contribution is 0.0945. The Hall–Kier alpha value is -1.67. The van der Waals surface area contributed by atoms with Gasteiger partial charge < -0.3 is 10.6 Å². The van der Waals surface area contributed by atoms with Crippen LogP contribution in [0, 0.1) is 0 Å². The quantitative estimate of drug-likeness (QED) is 0.721. The van der Waals surface area contributed by atoms with Crippen LogP contribution in [0.4, 0.5) is 0 Å². The highest BCUT2D eigenvalue weighted by Crippen LogP contribution is 2.18. The summed E-state index contributed by atoms with van der Waals surface area (Å²) in [4.78, 5) is 15.0. The van der Waals surface area contributed by atoms with Gasteiger partial charge in [0, 0.05) is 13.1 Å². The van der Waals surface area contributed by atoms with Crippen LogP contribution in [0.5, 0.6) is 0 Å². The molecule has 0 atom stereocenters. The number of likely N-dealkylation sites (tertiary alicyclic amines) is 1. The van der Waals surface area contributed by atoms with Gasteiger partial charge in [0.15, 0.2) is 5.69 Å². The van der Waals surface area contributed by atoms with Crippen LogP contribution in [0.2, 0.25) is 0 Å². The summed E-state index contributed by atoms with van der Waals surface area (Å²) in [5, 5.41) is 14.6. The minimum Gasteiger partial charge on any atom is -0.347 e. The average Bonchev–Trinajstić information content (AvgIpc) is 3.40. The number of halogens is 2. The van der Waals surface area contributed by atoms with Gasteiger partial charge in [0.1, 0.15) is 0 Å². The second kappa shape index (κ2) is 11.5. The normalized spacial score (nSPS) is 17.4. The monoisotopic (exact) mass is 440 g/mol. The number of hydrogen-bond acceptors (Lipinski definition) is 5. The second-order valence-electron chi connectivity index (χ2n) is 7.50. The Morgan fingerprint density at radius 1 is 1.10 bits per heavy atom. The first-order chi connectivity index (χ1) is 13.3. The van der Waals surface area contributed by atoms with E-state index in [0.717, 1.165) is 32.5 Å². The molecule has 2 aliphatic heterocycles. The van der Waals surface area contributed by atoms with Gasteiger partial charge in [-0.15, -0.1) is 29.9 Å². The topological polar surface area (TPSA) is 75.1 Å².